The first-order chi connectivity index (χ1) is 51.0. The molecule has 10 aromatic carbocycles. The lowest BCUT2D eigenvalue weighted by atomic mass is 9.68. The minimum Gasteiger partial charge on any atom is -0.456 e. The normalized spacial score (nSPS) is 14.7. The summed E-state index contributed by atoms with van der Waals surface area (Å²) < 4.78 is 20.6. The first kappa shape index (κ1) is 69.9. The Morgan fingerprint density at radius 1 is 0.327 bits per heavy atom. The predicted molar refractivity (Wildman–Crippen MR) is 444 cm³/mol. The van der Waals surface area contributed by atoms with E-state index in [1.165, 1.54) is 268 Å². The van der Waals surface area contributed by atoms with Crippen LogP contribution in [-0.2, 0) is 22.7 Å². The van der Waals surface area contributed by atoms with Crippen LogP contribution in [0.5, 0.6) is 0 Å². The lowest BCUT2D eigenvalue weighted by Gasteiger charge is -2.35. The van der Waals surface area contributed by atoms with Crippen molar-refractivity contribution in [2.75, 3.05) is 0 Å². The first-order valence-electron chi connectivity index (χ1n) is 41.4. The van der Waals surface area contributed by atoms with Crippen molar-refractivity contribution in [3.63, 3.8) is 0 Å². The molecule has 1 unspecified atom stereocenters. The standard InChI is InChI=1S/C101H112O3/c1-9-13-17-21-25-35-55-100(56-36-26-22-18-14-10-2)83-53-54-92-96(77-40-30-33-43-90(77)102-92)95(83)82-66-86-81(65-87(82)100)73-51-47-70(62-85(73)101(86,57-37-27-23-19-15-11-3)58-38-28-24-20-16-12-4)79(72-49-45-67(5)59-68(72)6)60-69-46-50-76-84(61-69)99(7,8)88-64-80(98-97(94(76)88)78-41-31-34-44-91(78)104-98)71-48-52-75-74-39-29-32-42-89(74)103-93(75)63-71/h29-34,39-54,59,61-66,79H,9-28,35-38,55-58,60H2,1-8H3. The Bertz CT molecular complexity index is 5250. The second kappa shape index (κ2) is 29.9. The van der Waals surface area contributed by atoms with Crippen LogP contribution in [0.2, 0.25) is 0 Å². The average Bonchev–Trinajstić information content (AvgIpc) is 1.52. The zero-order valence-corrected chi connectivity index (χ0v) is 64.1. The summed E-state index contributed by atoms with van der Waals surface area (Å²) in [5, 5.41) is 7.24. The number of fused-ring (bicyclic) bond motifs is 20. The van der Waals surface area contributed by atoms with Gasteiger partial charge in [0.15, 0.2) is 0 Å². The smallest absolute Gasteiger partial charge is 0.143 e. The Morgan fingerprint density at radius 3 is 1.46 bits per heavy atom. The van der Waals surface area contributed by atoms with E-state index in [-0.39, 0.29) is 22.2 Å². The maximum absolute atomic E-state index is 7.05. The molecule has 3 heterocycles. The van der Waals surface area contributed by atoms with Crippen LogP contribution in [0.3, 0.4) is 0 Å². The van der Waals surface area contributed by atoms with E-state index in [2.05, 4.69) is 231 Å². The Kier molecular flexibility index (Phi) is 20.1. The number of hydrogen-bond donors (Lipinski definition) is 0. The topological polar surface area (TPSA) is 39.4 Å². The molecule has 13 aromatic rings. The summed E-state index contributed by atoms with van der Waals surface area (Å²) in [5.41, 5.74) is 32.1. The lowest BCUT2D eigenvalue weighted by Crippen LogP contribution is -2.27. The van der Waals surface area contributed by atoms with E-state index in [0.717, 1.165) is 67.2 Å². The van der Waals surface area contributed by atoms with Gasteiger partial charge in [0, 0.05) is 60.0 Å². The van der Waals surface area contributed by atoms with E-state index in [0.29, 0.717) is 0 Å². The van der Waals surface area contributed by atoms with Crippen molar-refractivity contribution in [1.29, 1.82) is 0 Å². The number of hydrogen-bond acceptors (Lipinski definition) is 3. The van der Waals surface area contributed by atoms with Crippen molar-refractivity contribution in [3.05, 3.63) is 237 Å². The highest BCUT2D eigenvalue weighted by atomic mass is 16.3. The quantitative estimate of drug-likeness (QED) is 0.0385. The van der Waals surface area contributed by atoms with Crippen molar-refractivity contribution in [1.82, 2.24) is 0 Å². The second-order valence-electron chi connectivity index (χ2n) is 33.0. The maximum atomic E-state index is 7.05. The summed E-state index contributed by atoms with van der Waals surface area (Å²) in [6.45, 7) is 19.0. The highest BCUT2D eigenvalue weighted by Gasteiger charge is 2.49. The average molecular weight is 1370 g/mol. The van der Waals surface area contributed by atoms with Crippen LogP contribution in [0, 0.1) is 13.8 Å². The zero-order chi connectivity index (χ0) is 71.1. The Hall–Kier alpha value is -8.40. The van der Waals surface area contributed by atoms with Crippen molar-refractivity contribution >= 4 is 65.8 Å². The predicted octanol–water partition coefficient (Wildman–Crippen LogP) is 30.9. The fourth-order valence-electron chi connectivity index (χ4n) is 20.4. The van der Waals surface area contributed by atoms with Crippen LogP contribution in [0.4, 0.5) is 0 Å². The molecule has 0 aliphatic heterocycles. The molecule has 0 N–H and O–H groups in total. The van der Waals surface area contributed by atoms with Crippen molar-refractivity contribution in [2.24, 2.45) is 0 Å². The number of furan rings is 3. The molecule has 3 aromatic heterocycles. The molecule has 3 aliphatic rings. The Morgan fingerprint density at radius 2 is 0.827 bits per heavy atom. The van der Waals surface area contributed by atoms with E-state index in [1.54, 1.807) is 22.3 Å². The Balaban J connectivity index is 0.851. The number of rotatable bonds is 33. The summed E-state index contributed by atoms with van der Waals surface area (Å²) in [5.74, 6) is 0.126. The summed E-state index contributed by atoms with van der Waals surface area (Å²) in [4.78, 5) is 0. The van der Waals surface area contributed by atoms with Crippen molar-refractivity contribution < 1.29 is 13.3 Å². The molecule has 16 rings (SSSR count). The zero-order valence-electron chi connectivity index (χ0n) is 64.1. The van der Waals surface area contributed by atoms with Gasteiger partial charge in [-0.25, -0.2) is 0 Å². The molecule has 0 spiro atoms. The van der Waals surface area contributed by atoms with Crippen LogP contribution >= 0.6 is 0 Å². The van der Waals surface area contributed by atoms with Gasteiger partial charge in [-0.1, -0.05) is 323 Å². The van der Waals surface area contributed by atoms with Crippen molar-refractivity contribution in [3.8, 4) is 44.5 Å². The minimum atomic E-state index is -0.301. The molecule has 0 bridgehead atoms. The third-order valence-corrected chi connectivity index (χ3v) is 25.9. The molecule has 3 heteroatoms. The molecule has 534 valence electrons. The summed E-state index contributed by atoms with van der Waals surface area (Å²) in [7, 11) is 0. The number of benzene rings is 10. The second-order valence-corrected chi connectivity index (χ2v) is 33.0. The van der Waals surface area contributed by atoms with Crippen LogP contribution in [0.25, 0.3) is 110 Å². The van der Waals surface area contributed by atoms with Crippen LogP contribution in [0.15, 0.2) is 189 Å². The highest BCUT2D eigenvalue weighted by Crippen LogP contribution is 2.64. The van der Waals surface area contributed by atoms with Crippen LogP contribution in [-0.4, -0.2) is 0 Å². The van der Waals surface area contributed by atoms with E-state index in [1.807, 2.05) is 0 Å². The van der Waals surface area contributed by atoms with Gasteiger partial charge in [-0.05, 0) is 195 Å². The van der Waals surface area contributed by atoms with E-state index >= 15 is 0 Å². The summed E-state index contributed by atoms with van der Waals surface area (Å²) >= 11 is 0. The van der Waals surface area contributed by atoms with Gasteiger partial charge >= 0.3 is 0 Å². The van der Waals surface area contributed by atoms with Gasteiger partial charge in [0.05, 0.1) is 0 Å². The van der Waals surface area contributed by atoms with Gasteiger partial charge in [-0.15, -0.1) is 0 Å². The first-order valence-corrected chi connectivity index (χ1v) is 41.4. The van der Waals surface area contributed by atoms with Gasteiger partial charge < -0.3 is 13.3 Å². The van der Waals surface area contributed by atoms with Crippen molar-refractivity contribution in [2.45, 2.75) is 264 Å². The number of aryl methyl sites for hydroxylation is 2. The fourth-order valence-corrected chi connectivity index (χ4v) is 20.4. The summed E-state index contributed by atoms with van der Waals surface area (Å²) in [6, 6.07) is 68.9. The molecule has 0 saturated heterocycles. The molecule has 1 atom stereocenters. The molecule has 0 amide bonds. The largest absolute Gasteiger partial charge is 0.456 e. The van der Waals surface area contributed by atoms with E-state index in [4.69, 9.17) is 13.3 Å². The van der Waals surface area contributed by atoms with Gasteiger partial charge in [-0.2, -0.15) is 0 Å². The van der Waals surface area contributed by atoms with Crippen LogP contribution in [0.1, 0.15) is 288 Å². The number of para-hydroxylation sites is 3. The SMILES string of the molecule is CCCCCCCCC1(CCCCCCCC)c2cc(C(Cc3ccc4c(c3)C(C)(C)c3cc(-c5ccc6c(c5)oc5ccccc56)c5oc6ccccc6c5c3-4)c3ccc(C)cc3C)ccc2-c2cc3c(cc21)-c1c(ccc2oc4ccccc4c12)C3(CCCCCCCC)CCCCCCCC. The molecular formula is C101H112O3. The van der Waals surface area contributed by atoms with Gasteiger partial charge in [-0.3, -0.25) is 0 Å². The van der Waals surface area contributed by atoms with Gasteiger partial charge in [0.1, 0.15) is 33.5 Å². The minimum absolute atomic E-state index is 0.0860. The van der Waals surface area contributed by atoms with Gasteiger partial charge in [0.25, 0.3) is 0 Å². The third kappa shape index (κ3) is 12.5. The van der Waals surface area contributed by atoms with Gasteiger partial charge in [0.2, 0.25) is 0 Å². The molecule has 3 nitrogen and oxygen atoms in total. The maximum Gasteiger partial charge on any atom is 0.143 e. The lowest BCUT2D eigenvalue weighted by molar-refractivity contribution is 0.394. The molecule has 0 fully saturated rings. The van der Waals surface area contributed by atoms with E-state index < -0.39 is 0 Å². The number of unbranched alkanes of at least 4 members (excludes halogenated alkanes) is 20. The molecule has 3 aliphatic carbocycles. The molecule has 104 heavy (non-hydrogen) atoms. The molecule has 0 saturated carbocycles. The monoisotopic (exact) mass is 1370 g/mol. The van der Waals surface area contributed by atoms with Crippen LogP contribution < -0.4 is 0 Å². The fraction of sp³-hybridized carbons (Fsp3) is 0.406. The van der Waals surface area contributed by atoms with E-state index in [9.17, 15) is 0 Å². The third-order valence-electron chi connectivity index (χ3n) is 25.9. The summed E-state index contributed by atoms with van der Waals surface area (Å²) in [6.07, 6.45) is 36.8. The highest BCUT2D eigenvalue weighted by molar-refractivity contribution is 6.19. The molecule has 0 radical (unpaired) electrons. The Labute approximate surface area is 620 Å². The molecular weight excluding hydrogens is 1260 g/mol.